The van der Waals surface area contributed by atoms with E-state index in [0.29, 0.717) is 19.3 Å². The Morgan fingerprint density at radius 1 is 0.346 bits per heavy atom. The minimum absolute atomic E-state index is 0.0857. The summed E-state index contributed by atoms with van der Waals surface area (Å²) in [6.45, 7) is 2.53. The summed E-state index contributed by atoms with van der Waals surface area (Å²) in [5.74, 6) is -1.62. The number of aliphatic hydroxyl groups excluding tert-OH is 2. The van der Waals surface area contributed by atoms with Crippen LogP contribution in [-0.4, -0.2) is 95.9 Å². The Labute approximate surface area is 490 Å². The molecule has 0 spiro atoms. The van der Waals surface area contributed by atoms with Gasteiger partial charge >= 0.3 is 33.6 Å². The van der Waals surface area contributed by atoms with Gasteiger partial charge in [0.2, 0.25) is 0 Å². The second kappa shape index (κ2) is 57.4. The molecule has 0 saturated heterocycles. The van der Waals surface area contributed by atoms with Crippen LogP contribution in [0.3, 0.4) is 0 Å². The SMILES string of the molecule is CCCCC/C=C\C/C=C\CCCCCCCC(=O)OC[C@@H](O)COP(=O)(O)OC[C@@H](O)COP(=O)(O)OC[C@@H](COC(=O)CCCCCCC/C=C\C/C=C\CCCCC)OC(=O)CCCCCCC/C=C\C/C=C\CCCCC. The van der Waals surface area contributed by atoms with Gasteiger partial charge in [-0.1, -0.05) is 190 Å². The Bertz CT molecular complexity index is 1780. The summed E-state index contributed by atoms with van der Waals surface area (Å²) in [5, 5.41) is 20.5. The van der Waals surface area contributed by atoms with Crippen LogP contribution >= 0.6 is 15.6 Å². The maximum atomic E-state index is 12.9. The maximum Gasteiger partial charge on any atom is 0.472 e. The average molecular weight is 1190 g/mol. The van der Waals surface area contributed by atoms with Crippen LogP contribution in [0.5, 0.6) is 0 Å². The minimum atomic E-state index is -4.92. The summed E-state index contributed by atoms with van der Waals surface area (Å²) >= 11 is 0. The monoisotopic (exact) mass is 1190 g/mol. The molecule has 0 aliphatic carbocycles. The maximum absolute atomic E-state index is 12.9. The fourth-order valence-electron chi connectivity index (χ4n) is 8.01. The molecule has 0 bridgehead atoms. The topological polar surface area (TPSA) is 231 Å². The highest BCUT2D eigenvalue weighted by Gasteiger charge is 2.29. The second-order valence-corrected chi connectivity index (χ2v) is 23.8. The van der Waals surface area contributed by atoms with Crippen LogP contribution in [0.2, 0.25) is 0 Å². The summed E-state index contributed by atoms with van der Waals surface area (Å²) in [4.78, 5) is 58.1. The number of hydrogen-bond acceptors (Lipinski definition) is 14. The van der Waals surface area contributed by atoms with E-state index in [0.717, 1.165) is 135 Å². The van der Waals surface area contributed by atoms with E-state index in [1.165, 1.54) is 57.8 Å². The van der Waals surface area contributed by atoms with E-state index in [2.05, 4.69) is 93.7 Å². The first kappa shape index (κ1) is 78.0. The van der Waals surface area contributed by atoms with Gasteiger partial charge in [0.15, 0.2) is 6.10 Å². The van der Waals surface area contributed by atoms with E-state index in [-0.39, 0.29) is 19.3 Å². The van der Waals surface area contributed by atoms with Gasteiger partial charge in [-0.2, -0.15) is 0 Å². The van der Waals surface area contributed by atoms with Crippen molar-refractivity contribution in [1.82, 2.24) is 0 Å². The number of rotatable bonds is 59. The number of phosphoric ester groups is 2. The molecule has 0 aromatic heterocycles. The van der Waals surface area contributed by atoms with Crippen molar-refractivity contribution in [2.24, 2.45) is 0 Å². The van der Waals surface area contributed by atoms with Gasteiger partial charge in [-0.3, -0.25) is 32.5 Å². The predicted molar refractivity (Wildman–Crippen MR) is 325 cm³/mol. The molecule has 18 heteroatoms. The highest BCUT2D eigenvalue weighted by atomic mass is 31.2. The van der Waals surface area contributed by atoms with E-state index in [4.69, 9.17) is 32.3 Å². The number of aliphatic hydroxyl groups is 2. The van der Waals surface area contributed by atoms with Gasteiger partial charge in [-0.25, -0.2) is 9.13 Å². The van der Waals surface area contributed by atoms with Crippen molar-refractivity contribution in [2.75, 3.05) is 39.6 Å². The zero-order valence-electron chi connectivity index (χ0n) is 50.4. The Kier molecular flexibility index (Phi) is 55.3. The molecule has 81 heavy (non-hydrogen) atoms. The van der Waals surface area contributed by atoms with Crippen LogP contribution < -0.4 is 0 Å². The summed E-state index contributed by atoms with van der Waals surface area (Å²) in [6.07, 6.45) is 56.7. The molecule has 0 saturated carbocycles. The standard InChI is InChI=1S/C63H112O16P2/c1-4-7-10-13-16-19-22-25-28-31-34-37-40-43-46-49-61(66)73-52-58(64)53-75-80(69,70)76-54-59(65)55-77-81(71,72)78-57-60(79-63(68)51-48-45-42-39-36-33-30-27-24-21-18-15-12-9-6-3)56-74-62(67)50-47-44-41-38-35-32-29-26-23-20-17-14-11-8-5-2/h16-21,25-30,58-60,64-65H,4-15,22-24,31-57H2,1-3H3,(H,69,70)(H,71,72)/b19-16-,20-17-,21-18-,28-25-,29-26-,30-27-/t58-,59-,60-/m1/s1. The molecule has 0 aliphatic heterocycles. The number of esters is 3. The molecule has 470 valence electrons. The lowest BCUT2D eigenvalue weighted by molar-refractivity contribution is -0.161. The van der Waals surface area contributed by atoms with Gasteiger partial charge < -0.3 is 34.2 Å². The normalized spacial score (nSPS) is 14.9. The summed E-state index contributed by atoms with van der Waals surface area (Å²) < 4.78 is 60.6. The van der Waals surface area contributed by atoms with Gasteiger partial charge in [0.05, 0.1) is 26.4 Å². The predicted octanol–water partition coefficient (Wildman–Crippen LogP) is 16.4. The molecule has 5 atom stereocenters. The largest absolute Gasteiger partial charge is 0.472 e. The Morgan fingerprint density at radius 3 is 0.963 bits per heavy atom. The molecule has 0 aliphatic rings. The molecule has 16 nitrogen and oxygen atoms in total. The van der Waals surface area contributed by atoms with Crippen molar-refractivity contribution < 1.29 is 75.8 Å². The quantitative estimate of drug-likeness (QED) is 0.0146. The third-order valence-corrected chi connectivity index (χ3v) is 14.8. The van der Waals surface area contributed by atoms with Crippen molar-refractivity contribution in [1.29, 1.82) is 0 Å². The number of carbonyl (C=O) groups excluding carboxylic acids is 3. The fraction of sp³-hybridized carbons (Fsp3) is 0.762. The zero-order chi connectivity index (χ0) is 59.6. The van der Waals surface area contributed by atoms with Crippen molar-refractivity contribution in [3.8, 4) is 0 Å². The van der Waals surface area contributed by atoms with Crippen LogP contribution in [0.15, 0.2) is 72.9 Å². The fourth-order valence-corrected chi connectivity index (χ4v) is 9.60. The lowest BCUT2D eigenvalue weighted by Gasteiger charge is -2.21. The highest BCUT2D eigenvalue weighted by molar-refractivity contribution is 7.47. The van der Waals surface area contributed by atoms with Crippen LogP contribution in [0.4, 0.5) is 0 Å². The molecule has 4 N–H and O–H groups in total. The van der Waals surface area contributed by atoms with Crippen molar-refractivity contribution in [2.45, 2.75) is 270 Å². The van der Waals surface area contributed by atoms with Gasteiger partial charge in [0, 0.05) is 19.3 Å². The van der Waals surface area contributed by atoms with Gasteiger partial charge in [0.25, 0.3) is 0 Å². The van der Waals surface area contributed by atoms with E-state index in [1.54, 1.807) is 0 Å². The summed E-state index contributed by atoms with van der Waals surface area (Å²) in [6, 6.07) is 0. The van der Waals surface area contributed by atoms with E-state index < -0.39 is 91.5 Å². The highest BCUT2D eigenvalue weighted by Crippen LogP contribution is 2.45. The van der Waals surface area contributed by atoms with Crippen molar-refractivity contribution in [3.05, 3.63) is 72.9 Å². The van der Waals surface area contributed by atoms with E-state index >= 15 is 0 Å². The molecule has 0 amide bonds. The Morgan fingerprint density at radius 2 is 0.617 bits per heavy atom. The lowest BCUT2D eigenvalue weighted by atomic mass is 10.1. The van der Waals surface area contributed by atoms with E-state index in [1.807, 2.05) is 0 Å². The molecule has 2 unspecified atom stereocenters. The Hall–Kier alpha value is -3.01. The molecule has 0 fully saturated rings. The third kappa shape index (κ3) is 58.6. The molecule has 0 rings (SSSR count). The lowest BCUT2D eigenvalue weighted by Crippen LogP contribution is -2.30. The smallest absolute Gasteiger partial charge is 0.463 e. The number of hydrogen-bond donors (Lipinski definition) is 4. The number of phosphoric acid groups is 2. The minimum Gasteiger partial charge on any atom is -0.463 e. The summed E-state index contributed by atoms with van der Waals surface area (Å²) in [7, 11) is -9.77. The molecule has 0 radical (unpaired) electrons. The Balaban J connectivity index is 4.75. The first-order valence-corrected chi connectivity index (χ1v) is 34.2. The molecule has 0 heterocycles. The molecule has 0 aromatic carbocycles. The first-order valence-electron chi connectivity index (χ1n) is 31.2. The van der Waals surface area contributed by atoms with Crippen LogP contribution in [0, 0.1) is 0 Å². The molecular weight excluding hydrogens is 1070 g/mol. The van der Waals surface area contributed by atoms with Gasteiger partial charge in [0.1, 0.15) is 25.4 Å². The summed E-state index contributed by atoms with van der Waals surface area (Å²) in [5.41, 5.74) is 0. The number of unbranched alkanes of at least 4 members (excludes halogenated alkanes) is 24. The number of carbonyl (C=O) groups is 3. The second-order valence-electron chi connectivity index (χ2n) is 20.8. The van der Waals surface area contributed by atoms with Crippen LogP contribution in [-0.2, 0) is 55.8 Å². The van der Waals surface area contributed by atoms with Crippen LogP contribution in [0.25, 0.3) is 0 Å². The zero-order valence-corrected chi connectivity index (χ0v) is 52.2. The van der Waals surface area contributed by atoms with Crippen molar-refractivity contribution in [3.63, 3.8) is 0 Å². The third-order valence-electron chi connectivity index (χ3n) is 12.9. The van der Waals surface area contributed by atoms with Crippen LogP contribution in [0.1, 0.15) is 252 Å². The van der Waals surface area contributed by atoms with Crippen molar-refractivity contribution >= 4 is 33.6 Å². The average Bonchev–Trinajstić information content (AvgIpc) is 3.45. The first-order chi connectivity index (χ1) is 39.2. The van der Waals surface area contributed by atoms with Gasteiger partial charge in [-0.15, -0.1) is 0 Å². The van der Waals surface area contributed by atoms with Gasteiger partial charge in [-0.05, 0) is 116 Å². The molecule has 0 aromatic rings. The number of allylic oxidation sites excluding steroid dienone is 12. The molecular formula is C63H112O16P2. The number of ether oxygens (including phenoxy) is 3. The van der Waals surface area contributed by atoms with E-state index in [9.17, 15) is 43.5 Å².